The minimum atomic E-state index is -0.937. The first-order valence-electron chi connectivity index (χ1n) is 10.6. The summed E-state index contributed by atoms with van der Waals surface area (Å²) >= 11 is 0. The van der Waals surface area contributed by atoms with Crippen LogP contribution in [-0.2, 0) is 20.7 Å². The van der Waals surface area contributed by atoms with E-state index >= 15 is 0 Å². The normalized spacial score (nSPS) is 20.4. The number of carbonyl (C=O) groups excluding carboxylic acids is 2. The second-order valence-electron chi connectivity index (χ2n) is 7.99. The Morgan fingerprint density at radius 3 is 2.59 bits per heavy atom. The monoisotopic (exact) mass is 432 g/mol. The van der Waals surface area contributed by atoms with Gasteiger partial charge in [-0.3, -0.25) is 19.7 Å². The maximum atomic E-state index is 13.2. The second kappa shape index (κ2) is 9.18. The van der Waals surface area contributed by atoms with Gasteiger partial charge in [0.15, 0.2) is 5.78 Å². The van der Waals surface area contributed by atoms with Gasteiger partial charge in [-0.2, -0.15) is 0 Å². The molecule has 32 heavy (non-hydrogen) atoms. The van der Waals surface area contributed by atoms with Gasteiger partial charge < -0.3 is 10.1 Å². The predicted octanol–water partition coefficient (Wildman–Crippen LogP) is 4.20. The summed E-state index contributed by atoms with van der Waals surface area (Å²) in [5.74, 6) is -2.40. The standard InChI is InChI=1S/C25H24N2O5/c1-16-22(25(29)32-15-14-17-8-3-2-4-9-17)23(18-10-5-6-12-20(18)27(30)31)24-19(26-16)11-7-13-21(24)28/h2-6,8-10,12,22-23,26H,1,7,11,13-15H2. The van der Waals surface area contributed by atoms with Crippen LogP contribution in [0.5, 0.6) is 0 Å². The number of para-hydroxylation sites is 1. The number of carbonyl (C=O) groups is 2. The number of nitrogens with zero attached hydrogens (tertiary/aromatic N) is 1. The summed E-state index contributed by atoms with van der Waals surface area (Å²) in [7, 11) is 0. The van der Waals surface area contributed by atoms with Gasteiger partial charge in [-0.15, -0.1) is 0 Å². The third kappa shape index (κ3) is 4.19. The molecule has 1 aliphatic heterocycles. The fourth-order valence-electron chi connectivity index (χ4n) is 4.53. The molecule has 0 saturated heterocycles. The molecule has 0 aromatic heterocycles. The number of ether oxygens (including phenoxy) is 1. The van der Waals surface area contributed by atoms with Crippen molar-refractivity contribution in [3.8, 4) is 0 Å². The van der Waals surface area contributed by atoms with Gasteiger partial charge >= 0.3 is 5.97 Å². The van der Waals surface area contributed by atoms with Crippen molar-refractivity contribution in [2.75, 3.05) is 6.61 Å². The molecule has 4 rings (SSSR count). The maximum Gasteiger partial charge on any atom is 0.315 e. The molecule has 1 aliphatic carbocycles. The second-order valence-corrected chi connectivity index (χ2v) is 7.99. The number of rotatable bonds is 6. The Morgan fingerprint density at radius 2 is 1.84 bits per heavy atom. The summed E-state index contributed by atoms with van der Waals surface area (Å²) in [6.07, 6.45) is 2.21. The van der Waals surface area contributed by atoms with Crippen LogP contribution in [0.25, 0.3) is 0 Å². The highest BCUT2D eigenvalue weighted by atomic mass is 16.6. The molecule has 2 atom stereocenters. The van der Waals surface area contributed by atoms with Crippen LogP contribution < -0.4 is 5.32 Å². The van der Waals surface area contributed by atoms with Crippen molar-refractivity contribution in [3.05, 3.63) is 99.4 Å². The first kappa shape index (κ1) is 21.5. The number of hydrogen-bond donors (Lipinski definition) is 1. The molecule has 0 fully saturated rings. The quantitative estimate of drug-likeness (QED) is 0.417. The lowest BCUT2D eigenvalue weighted by Crippen LogP contribution is -2.41. The number of nitrogens with one attached hydrogen (secondary N) is 1. The number of nitro groups is 1. The van der Waals surface area contributed by atoms with E-state index in [1.165, 1.54) is 6.07 Å². The van der Waals surface area contributed by atoms with E-state index < -0.39 is 22.7 Å². The molecule has 2 aliphatic rings. The summed E-state index contributed by atoms with van der Waals surface area (Å²) in [6.45, 7) is 4.18. The van der Waals surface area contributed by atoms with E-state index in [0.717, 1.165) is 5.56 Å². The van der Waals surface area contributed by atoms with Gasteiger partial charge in [0, 0.05) is 47.4 Å². The summed E-state index contributed by atoms with van der Waals surface area (Å²) < 4.78 is 5.58. The van der Waals surface area contributed by atoms with Crippen LogP contribution in [0.15, 0.2) is 78.1 Å². The molecule has 0 spiro atoms. The van der Waals surface area contributed by atoms with Crippen molar-refractivity contribution in [2.24, 2.45) is 5.92 Å². The van der Waals surface area contributed by atoms with Gasteiger partial charge in [0.1, 0.15) is 5.92 Å². The fraction of sp³-hybridized carbons (Fsp3) is 0.280. The van der Waals surface area contributed by atoms with Crippen LogP contribution in [0.4, 0.5) is 5.69 Å². The molecule has 0 saturated carbocycles. The molecule has 0 radical (unpaired) electrons. The van der Waals surface area contributed by atoms with Crippen molar-refractivity contribution in [2.45, 2.75) is 31.6 Å². The molecule has 1 heterocycles. The van der Waals surface area contributed by atoms with Crippen molar-refractivity contribution in [3.63, 3.8) is 0 Å². The predicted molar refractivity (Wildman–Crippen MR) is 119 cm³/mol. The van der Waals surface area contributed by atoms with Crippen molar-refractivity contribution >= 4 is 17.4 Å². The van der Waals surface area contributed by atoms with Crippen molar-refractivity contribution in [1.82, 2.24) is 5.32 Å². The third-order valence-corrected chi connectivity index (χ3v) is 5.99. The zero-order valence-electron chi connectivity index (χ0n) is 17.6. The minimum Gasteiger partial charge on any atom is -0.465 e. The van der Waals surface area contributed by atoms with Crippen LogP contribution >= 0.6 is 0 Å². The van der Waals surface area contributed by atoms with Gasteiger partial charge in [-0.1, -0.05) is 55.1 Å². The third-order valence-electron chi connectivity index (χ3n) is 5.99. The largest absolute Gasteiger partial charge is 0.465 e. The molecule has 7 nitrogen and oxygen atoms in total. The van der Waals surface area contributed by atoms with E-state index in [1.54, 1.807) is 18.2 Å². The van der Waals surface area contributed by atoms with Crippen LogP contribution in [0.3, 0.4) is 0 Å². The Bertz CT molecular complexity index is 1110. The average Bonchev–Trinajstić information content (AvgIpc) is 2.79. The summed E-state index contributed by atoms with van der Waals surface area (Å²) in [4.78, 5) is 37.4. The van der Waals surface area contributed by atoms with Gasteiger partial charge in [0.25, 0.3) is 5.69 Å². The number of ketones is 1. The number of hydrogen-bond acceptors (Lipinski definition) is 6. The molecule has 0 bridgehead atoms. The molecule has 0 amide bonds. The molecule has 1 N–H and O–H groups in total. The molecule has 164 valence electrons. The van der Waals surface area contributed by atoms with E-state index in [0.29, 0.717) is 48.2 Å². The van der Waals surface area contributed by atoms with Gasteiger partial charge in [0.2, 0.25) is 0 Å². The van der Waals surface area contributed by atoms with E-state index in [1.807, 2.05) is 30.3 Å². The topological polar surface area (TPSA) is 98.5 Å². The van der Waals surface area contributed by atoms with Crippen LogP contribution in [-0.4, -0.2) is 23.3 Å². The molecule has 2 unspecified atom stereocenters. The zero-order valence-corrected chi connectivity index (χ0v) is 17.6. The van der Waals surface area contributed by atoms with Crippen molar-refractivity contribution in [1.29, 1.82) is 0 Å². The zero-order chi connectivity index (χ0) is 22.7. The highest BCUT2D eigenvalue weighted by Crippen LogP contribution is 2.46. The number of esters is 1. The lowest BCUT2D eigenvalue weighted by Gasteiger charge is -2.37. The molecule has 7 heteroatoms. The minimum absolute atomic E-state index is 0.100. The Morgan fingerprint density at radius 1 is 1.12 bits per heavy atom. The Hall–Kier alpha value is -3.74. The lowest BCUT2D eigenvalue weighted by molar-refractivity contribution is -0.385. The first-order valence-corrected chi connectivity index (χ1v) is 10.6. The number of benzene rings is 2. The van der Waals surface area contributed by atoms with Crippen LogP contribution in [0.2, 0.25) is 0 Å². The smallest absolute Gasteiger partial charge is 0.315 e. The molecule has 2 aromatic rings. The first-order chi connectivity index (χ1) is 15.5. The highest BCUT2D eigenvalue weighted by Gasteiger charge is 2.45. The Kier molecular flexibility index (Phi) is 6.16. The molecule has 2 aromatic carbocycles. The van der Waals surface area contributed by atoms with Gasteiger partial charge in [-0.25, -0.2) is 0 Å². The summed E-state index contributed by atoms with van der Waals surface area (Å²) in [5, 5.41) is 14.9. The summed E-state index contributed by atoms with van der Waals surface area (Å²) in [6, 6.07) is 15.9. The molecular weight excluding hydrogens is 408 g/mol. The average molecular weight is 432 g/mol. The fourth-order valence-corrected chi connectivity index (χ4v) is 4.53. The number of allylic oxidation sites excluding steroid dienone is 2. The highest BCUT2D eigenvalue weighted by molar-refractivity contribution is 6.00. The SMILES string of the molecule is C=C1NC2=C(C(=O)CCC2)C(c2ccccc2[N+](=O)[O-])C1C(=O)OCCc1ccccc1. The molecular formula is C25H24N2O5. The maximum absolute atomic E-state index is 13.2. The van der Waals surface area contributed by atoms with Crippen molar-refractivity contribution < 1.29 is 19.2 Å². The summed E-state index contributed by atoms with van der Waals surface area (Å²) in [5.41, 5.74) is 2.76. The lowest BCUT2D eigenvalue weighted by atomic mass is 9.71. The van der Waals surface area contributed by atoms with E-state index in [9.17, 15) is 19.7 Å². The van der Waals surface area contributed by atoms with Gasteiger partial charge in [0.05, 0.1) is 11.5 Å². The number of nitro benzene ring substituents is 1. The number of Topliss-reactive ketones (excluding diaryl/α,β-unsaturated/α-hetero) is 1. The Labute approximate surface area is 185 Å². The van der Waals surface area contributed by atoms with Crippen LogP contribution in [0.1, 0.15) is 36.3 Å². The Balaban J connectivity index is 1.69. The van der Waals surface area contributed by atoms with E-state index in [4.69, 9.17) is 4.74 Å². The van der Waals surface area contributed by atoms with Gasteiger partial charge in [-0.05, 0) is 18.4 Å². The van der Waals surface area contributed by atoms with E-state index in [2.05, 4.69) is 11.9 Å². The van der Waals surface area contributed by atoms with E-state index in [-0.39, 0.29) is 18.1 Å². The van der Waals surface area contributed by atoms with Crippen LogP contribution in [0, 0.1) is 16.0 Å².